The van der Waals surface area contributed by atoms with Gasteiger partial charge in [0.2, 0.25) is 0 Å². The van der Waals surface area contributed by atoms with Crippen molar-refractivity contribution < 1.29 is 4.74 Å². The predicted molar refractivity (Wildman–Crippen MR) is 61.7 cm³/mol. The van der Waals surface area contributed by atoms with Crippen molar-refractivity contribution >= 4 is 0 Å². The van der Waals surface area contributed by atoms with Gasteiger partial charge in [0.15, 0.2) is 0 Å². The zero-order chi connectivity index (χ0) is 10.5. The average molecular weight is 206 g/mol. The van der Waals surface area contributed by atoms with Crippen LogP contribution in [-0.2, 0) is 4.74 Å². The van der Waals surface area contributed by atoms with E-state index in [0.717, 1.165) is 24.4 Å². The fourth-order valence-electron chi connectivity index (χ4n) is 4.48. The summed E-state index contributed by atoms with van der Waals surface area (Å²) in [4.78, 5) is 0. The largest absolute Gasteiger partial charge is 0.371 e. The Morgan fingerprint density at radius 1 is 1.13 bits per heavy atom. The molecule has 4 aliphatic rings. The zero-order valence-corrected chi connectivity index (χ0v) is 9.80. The van der Waals surface area contributed by atoms with Crippen LogP contribution in [0.25, 0.3) is 0 Å². The molecule has 4 aliphatic carbocycles. The lowest BCUT2D eigenvalue weighted by atomic mass is 9.54. The second-order valence-corrected chi connectivity index (χ2v) is 6.35. The Labute approximate surface area is 92.9 Å². The maximum atomic E-state index is 6.20. The molecule has 0 aromatic carbocycles. The van der Waals surface area contributed by atoms with Gasteiger partial charge in [-0.05, 0) is 63.2 Å². The maximum Gasteiger partial charge on any atom is 0.0694 e. The SMILES string of the molecule is C=C(C)COC12CC3CC(CC(C3)C1)C2. The van der Waals surface area contributed by atoms with E-state index in [9.17, 15) is 0 Å². The van der Waals surface area contributed by atoms with Crippen LogP contribution < -0.4 is 0 Å². The number of rotatable bonds is 3. The summed E-state index contributed by atoms with van der Waals surface area (Å²) in [6, 6.07) is 0. The van der Waals surface area contributed by atoms with Gasteiger partial charge in [0.05, 0.1) is 12.2 Å². The minimum absolute atomic E-state index is 0.272. The second-order valence-electron chi connectivity index (χ2n) is 6.35. The van der Waals surface area contributed by atoms with E-state index in [0.29, 0.717) is 0 Å². The van der Waals surface area contributed by atoms with Gasteiger partial charge in [-0.3, -0.25) is 0 Å². The molecule has 0 aromatic heterocycles. The summed E-state index contributed by atoms with van der Waals surface area (Å²) in [5.41, 5.74) is 1.44. The molecule has 0 unspecified atom stereocenters. The highest BCUT2D eigenvalue weighted by Gasteiger charge is 2.51. The van der Waals surface area contributed by atoms with Crippen molar-refractivity contribution in [1.29, 1.82) is 0 Å². The Balaban J connectivity index is 1.72. The molecule has 0 saturated heterocycles. The molecule has 4 saturated carbocycles. The molecular weight excluding hydrogens is 184 g/mol. The molecule has 0 N–H and O–H groups in total. The van der Waals surface area contributed by atoms with Crippen molar-refractivity contribution in [3.8, 4) is 0 Å². The van der Waals surface area contributed by atoms with E-state index in [2.05, 4.69) is 13.5 Å². The second kappa shape index (κ2) is 3.35. The van der Waals surface area contributed by atoms with Crippen LogP contribution in [0.1, 0.15) is 45.4 Å². The third-order valence-corrected chi connectivity index (χ3v) is 4.61. The van der Waals surface area contributed by atoms with Crippen LogP contribution in [0.5, 0.6) is 0 Å². The van der Waals surface area contributed by atoms with Crippen LogP contribution in [0.15, 0.2) is 12.2 Å². The standard InChI is InChI=1S/C14H22O/c1-10(2)9-15-14-6-11-3-12(7-14)5-13(4-11)8-14/h11-13H,1,3-9H2,2H3. The van der Waals surface area contributed by atoms with Gasteiger partial charge >= 0.3 is 0 Å². The average Bonchev–Trinajstić information content (AvgIpc) is 2.12. The molecule has 0 spiro atoms. The molecule has 0 amide bonds. The van der Waals surface area contributed by atoms with E-state index in [4.69, 9.17) is 4.74 Å². The Hall–Kier alpha value is -0.300. The number of hydrogen-bond donors (Lipinski definition) is 0. The monoisotopic (exact) mass is 206 g/mol. The third-order valence-electron chi connectivity index (χ3n) is 4.61. The predicted octanol–water partition coefficient (Wildman–Crippen LogP) is 3.55. The Morgan fingerprint density at radius 3 is 2.00 bits per heavy atom. The summed E-state index contributed by atoms with van der Waals surface area (Å²) < 4.78 is 6.20. The van der Waals surface area contributed by atoms with Gasteiger partial charge in [-0.2, -0.15) is 0 Å². The van der Waals surface area contributed by atoms with Gasteiger partial charge in [0.25, 0.3) is 0 Å². The van der Waals surface area contributed by atoms with Crippen molar-refractivity contribution in [2.24, 2.45) is 17.8 Å². The maximum absolute atomic E-state index is 6.20. The Bertz CT molecular complexity index is 244. The molecule has 0 heterocycles. The minimum atomic E-state index is 0.272. The van der Waals surface area contributed by atoms with Crippen molar-refractivity contribution in [1.82, 2.24) is 0 Å². The van der Waals surface area contributed by atoms with Crippen molar-refractivity contribution in [2.75, 3.05) is 6.61 Å². The van der Waals surface area contributed by atoms with Crippen LogP contribution in [0, 0.1) is 17.8 Å². The first-order valence-electron chi connectivity index (χ1n) is 6.43. The number of ether oxygens (including phenoxy) is 1. The smallest absolute Gasteiger partial charge is 0.0694 e. The van der Waals surface area contributed by atoms with Crippen LogP contribution in [-0.4, -0.2) is 12.2 Å². The Morgan fingerprint density at radius 2 is 1.60 bits per heavy atom. The highest BCUT2D eigenvalue weighted by atomic mass is 16.5. The fourth-order valence-corrected chi connectivity index (χ4v) is 4.48. The molecule has 0 atom stereocenters. The topological polar surface area (TPSA) is 9.23 Å². The van der Waals surface area contributed by atoms with E-state index in [1.165, 1.54) is 44.1 Å². The van der Waals surface area contributed by atoms with Crippen LogP contribution in [0.2, 0.25) is 0 Å². The first-order chi connectivity index (χ1) is 7.15. The van der Waals surface area contributed by atoms with Crippen LogP contribution in [0.4, 0.5) is 0 Å². The highest BCUT2D eigenvalue weighted by Crippen LogP contribution is 2.57. The van der Waals surface area contributed by atoms with Gasteiger partial charge in [-0.1, -0.05) is 12.2 Å². The summed E-state index contributed by atoms with van der Waals surface area (Å²) in [6.07, 6.45) is 8.51. The molecule has 0 aliphatic heterocycles. The lowest BCUT2D eigenvalue weighted by molar-refractivity contribution is -0.156. The minimum Gasteiger partial charge on any atom is -0.371 e. The van der Waals surface area contributed by atoms with E-state index in [-0.39, 0.29) is 5.60 Å². The lowest BCUT2D eigenvalue weighted by Crippen LogP contribution is -2.52. The van der Waals surface area contributed by atoms with E-state index < -0.39 is 0 Å². The van der Waals surface area contributed by atoms with Crippen molar-refractivity contribution in [3.63, 3.8) is 0 Å². The molecule has 15 heavy (non-hydrogen) atoms. The number of hydrogen-bond acceptors (Lipinski definition) is 1. The third kappa shape index (κ3) is 1.75. The molecule has 0 aromatic rings. The molecule has 1 nitrogen and oxygen atoms in total. The summed E-state index contributed by atoms with van der Waals surface area (Å²) in [6.45, 7) is 6.80. The molecule has 84 valence electrons. The van der Waals surface area contributed by atoms with E-state index >= 15 is 0 Å². The first-order valence-corrected chi connectivity index (χ1v) is 6.43. The van der Waals surface area contributed by atoms with Gasteiger partial charge in [-0.25, -0.2) is 0 Å². The molecular formula is C14H22O. The van der Waals surface area contributed by atoms with Crippen molar-refractivity contribution in [3.05, 3.63) is 12.2 Å². The highest BCUT2D eigenvalue weighted by molar-refractivity contribution is 5.04. The van der Waals surface area contributed by atoms with Crippen LogP contribution >= 0.6 is 0 Å². The van der Waals surface area contributed by atoms with Gasteiger partial charge in [0, 0.05) is 0 Å². The molecule has 4 bridgehead atoms. The Kier molecular flexibility index (Phi) is 2.21. The molecule has 0 radical (unpaired) electrons. The van der Waals surface area contributed by atoms with Gasteiger partial charge in [0.1, 0.15) is 0 Å². The zero-order valence-electron chi connectivity index (χ0n) is 9.80. The summed E-state index contributed by atoms with van der Waals surface area (Å²) >= 11 is 0. The van der Waals surface area contributed by atoms with Gasteiger partial charge in [-0.15, -0.1) is 0 Å². The normalized spacial score (nSPS) is 47.1. The summed E-state index contributed by atoms with van der Waals surface area (Å²) in [7, 11) is 0. The summed E-state index contributed by atoms with van der Waals surface area (Å²) in [5.74, 6) is 2.96. The fraction of sp³-hybridized carbons (Fsp3) is 0.857. The first kappa shape index (κ1) is 9.89. The quantitative estimate of drug-likeness (QED) is 0.642. The van der Waals surface area contributed by atoms with E-state index in [1.54, 1.807) is 0 Å². The molecule has 1 heteroatoms. The summed E-state index contributed by atoms with van der Waals surface area (Å²) in [5, 5.41) is 0. The van der Waals surface area contributed by atoms with Crippen molar-refractivity contribution in [2.45, 2.75) is 51.0 Å². The van der Waals surface area contributed by atoms with Gasteiger partial charge < -0.3 is 4.74 Å². The molecule has 4 rings (SSSR count). The lowest BCUT2D eigenvalue weighted by Gasteiger charge is -2.56. The van der Waals surface area contributed by atoms with E-state index in [1.807, 2.05) is 0 Å². The molecule has 4 fully saturated rings. The van der Waals surface area contributed by atoms with Crippen LogP contribution in [0.3, 0.4) is 0 Å².